The quantitative estimate of drug-likeness (QED) is 0.871. The highest BCUT2D eigenvalue weighted by Gasteiger charge is 2.19. The molecule has 110 valence electrons. The number of carbonyl (C=O) groups is 1. The van der Waals surface area contributed by atoms with Gasteiger partial charge in [-0.3, -0.25) is 4.79 Å². The van der Waals surface area contributed by atoms with E-state index in [1.54, 1.807) is 12.1 Å². The van der Waals surface area contributed by atoms with E-state index in [1.807, 2.05) is 6.92 Å². The zero-order chi connectivity index (χ0) is 14.5. The highest BCUT2D eigenvalue weighted by molar-refractivity contribution is 6.32. The van der Waals surface area contributed by atoms with Crippen LogP contribution in [-0.4, -0.2) is 37.4 Å². The first-order valence-electron chi connectivity index (χ1n) is 6.60. The third-order valence-corrected chi connectivity index (χ3v) is 3.37. The van der Waals surface area contributed by atoms with E-state index in [1.165, 1.54) is 0 Å². The summed E-state index contributed by atoms with van der Waals surface area (Å²) >= 11 is 6.09. The van der Waals surface area contributed by atoms with E-state index in [4.69, 9.17) is 26.2 Å². The molecule has 2 N–H and O–H groups in total. The van der Waals surface area contributed by atoms with Gasteiger partial charge in [0.2, 0.25) is 0 Å². The second kappa shape index (κ2) is 6.81. The van der Waals surface area contributed by atoms with Gasteiger partial charge in [0, 0.05) is 18.7 Å². The lowest BCUT2D eigenvalue weighted by atomic mass is 10.1. The van der Waals surface area contributed by atoms with Crippen molar-refractivity contribution in [1.82, 2.24) is 5.32 Å². The van der Waals surface area contributed by atoms with Crippen molar-refractivity contribution < 1.29 is 19.4 Å². The van der Waals surface area contributed by atoms with Gasteiger partial charge in [0.05, 0.1) is 5.02 Å². The van der Waals surface area contributed by atoms with Gasteiger partial charge >= 0.3 is 0 Å². The van der Waals surface area contributed by atoms with Gasteiger partial charge in [0.25, 0.3) is 5.91 Å². The Balaban J connectivity index is 2.05. The van der Waals surface area contributed by atoms with Crippen molar-refractivity contribution in [2.45, 2.75) is 13.3 Å². The molecule has 1 aliphatic heterocycles. The smallest absolute Gasteiger partial charge is 0.251 e. The summed E-state index contributed by atoms with van der Waals surface area (Å²) in [5.41, 5.74) is 0.440. The number of aliphatic hydroxyl groups is 1. The molecule has 0 bridgehead atoms. The molecule has 1 unspecified atom stereocenters. The molecule has 0 aliphatic carbocycles. The van der Waals surface area contributed by atoms with Crippen LogP contribution in [-0.2, 0) is 0 Å². The fourth-order valence-corrected chi connectivity index (χ4v) is 2.20. The van der Waals surface area contributed by atoms with Crippen LogP contribution >= 0.6 is 11.6 Å². The first-order valence-corrected chi connectivity index (χ1v) is 6.97. The summed E-state index contributed by atoms with van der Waals surface area (Å²) < 4.78 is 10.8. The molecule has 2 rings (SSSR count). The van der Waals surface area contributed by atoms with Crippen LogP contribution < -0.4 is 14.8 Å². The fraction of sp³-hybridized carbons (Fsp3) is 0.500. The van der Waals surface area contributed by atoms with Crippen molar-refractivity contribution >= 4 is 17.5 Å². The maximum absolute atomic E-state index is 12.1. The molecule has 0 radical (unpaired) electrons. The number of ether oxygens (including phenoxy) is 2. The minimum atomic E-state index is -0.214. The Morgan fingerprint density at radius 1 is 1.45 bits per heavy atom. The van der Waals surface area contributed by atoms with Crippen molar-refractivity contribution in [2.75, 3.05) is 26.4 Å². The molecule has 1 heterocycles. The summed E-state index contributed by atoms with van der Waals surface area (Å²) in [6, 6.07) is 3.20. The first-order chi connectivity index (χ1) is 9.61. The largest absolute Gasteiger partial charge is 0.486 e. The normalized spacial score (nSPS) is 14.8. The predicted molar refractivity (Wildman–Crippen MR) is 75.6 cm³/mol. The van der Waals surface area contributed by atoms with E-state index < -0.39 is 0 Å². The zero-order valence-corrected chi connectivity index (χ0v) is 12.1. The summed E-state index contributed by atoms with van der Waals surface area (Å²) in [5, 5.41) is 12.0. The number of halogens is 1. The molecule has 1 amide bonds. The van der Waals surface area contributed by atoms with Crippen molar-refractivity contribution in [3.63, 3.8) is 0 Å². The topological polar surface area (TPSA) is 67.8 Å². The second-order valence-corrected chi connectivity index (χ2v) is 5.22. The number of carbonyl (C=O) groups excluding carboxylic acids is 1. The molecular weight excluding hydrogens is 282 g/mol. The lowest BCUT2D eigenvalue weighted by molar-refractivity contribution is 0.0944. The minimum absolute atomic E-state index is 0.118. The van der Waals surface area contributed by atoms with Gasteiger partial charge < -0.3 is 19.9 Å². The van der Waals surface area contributed by atoms with E-state index >= 15 is 0 Å². The highest BCUT2D eigenvalue weighted by Crippen LogP contribution is 2.38. The molecule has 0 saturated heterocycles. The summed E-state index contributed by atoms with van der Waals surface area (Å²) in [6.07, 6.45) is 0.655. The summed E-state index contributed by atoms with van der Waals surface area (Å²) in [6.45, 7) is 3.49. The summed E-state index contributed by atoms with van der Waals surface area (Å²) in [4.78, 5) is 12.1. The number of hydrogen-bond donors (Lipinski definition) is 2. The van der Waals surface area contributed by atoms with Crippen molar-refractivity contribution in [2.24, 2.45) is 5.92 Å². The Morgan fingerprint density at radius 3 is 2.95 bits per heavy atom. The van der Waals surface area contributed by atoms with Crippen LogP contribution in [0.25, 0.3) is 0 Å². The maximum atomic E-state index is 12.1. The van der Waals surface area contributed by atoms with Gasteiger partial charge in [-0.15, -0.1) is 0 Å². The average Bonchev–Trinajstić information content (AvgIpc) is 2.45. The third-order valence-electron chi connectivity index (χ3n) is 3.09. The number of aliphatic hydroxyl groups excluding tert-OH is 1. The van der Waals surface area contributed by atoms with Crippen molar-refractivity contribution in [3.8, 4) is 11.5 Å². The number of amides is 1. The zero-order valence-electron chi connectivity index (χ0n) is 11.3. The lowest BCUT2D eigenvalue weighted by Gasteiger charge is -2.20. The summed E-state index contributed by atoms with van der Waals surface area (Å²) in [7, 11) is 0. The Morgan fingerprint density at radius 2 is 2.20 bits per heavy atom. The number of hydrogen-bond acceptors (Lipinski definition) is 4. The molecule has 5 nitrogen and oxygen atoms in total. The number of benzene rings is 1. The van der Waals surface area contributed by atoms with E-state index in [0.29, 0.717) is 48.3 Å². The average molecular weight is 300 g/mol. The van der Waals surface area contributed by atoms with Gasteiger partial charge in [-0.2, -0.15) is 0 Å². The van der Waals surface area contributed by atoms with Gasteiger partial charge in [0.15, 0.2) is 11.5 Å². The Bertz CT molecular complexity index is 492. The molecule has 0 saturated carbocycles. The predicted octanol–water partition coefficient (Wildman–Crippen LogP) is 1.86. The van der Waals surface area contributed by atoms with Crippen LogP contribution in [0.5, 0.6) is 11.5 Å². The van der Waals surface area contributed by atoms with E-state index in [0.717, 1.165) is 0 Å². The van der Waals surface area contributed by atoms with Gasteiger partial charge in [-0.25, -0.2) is 0 Å². The molecule has 0 aromatic heterocycles. The van der Waals surface area contributed by atoms with Crippen molar-refractivity contribution in [3.05, 3.63) is 22.7 Å². The van der Waals surface area contributed by atoms with Gasteiger partial charge in [-0.05, 0) is 24.5 Å². The van der Waals surface area contributed by atoms with Crippen LogP contribution in [0.2, 0.25) is 5.02 Å². The molecule has 20 heavy (non-hydrogen) atoms. The number of fused-ring (bicyclic) bond motifs is 1. The van der Waals surface area contributed by atoms with Crippen LogP contribution in [0, 0.1) is 5.92 Å². The van der Waals surface area contributed by atoms with E-state index in [2.05, 4.69) is 5.32 Å². The van der Waals surface area contributed by atoms with Crippen LogP contribution in [0.1, 0.15) is 23.7 Å². The molecule has 1 aromatic rings. The fourth-order valence-electron chi connectivity index (χ4n) is 1.93. The first kappa shape index (κ1) is 14.9. The van der Waals surface area contributed by atoms with Gasteiger partial charge in [0.1, 0.15) is 13.2 Å². The third kappa shape index (κ3) is 3.55. The summed E-state index contributed by atoms with van der Waals surface area (Å²) in [5.74, 6) is 0.991. The highest BCUT2D eigenvalue weighted by atomic mass is 35.5. The van der Waals surface area contributed by atoms with Crippen LogP contribution in [0.3, 0.4) is 0 Å². The molecule has 6 heteroatoms. The van der Waals surface area contributed by atoms with Gasteiger partial charge in [-0.1, -0.05) is 18.5 Å². The number of rotatable bonds is 5. The Kier molecular flexibility index (Phi) is 5.09. The SMILES string of the molecule is CC(CCO)CNC(=O)c1cc(Cl)c2c(c1)OCCO2. The monoisotopic (exact) mass is 299 g/mol. The maximum Gasteiger partial charge on any atom is 0.251 e. The molecule has 0 fully saturated rings. The second-order valence-electron chi connectivity index (χ2n) is 4.81. The Hall–Kier alpha value is -1.46. The molecule has 1 aromatic carbocycles. The van der Waals surface area contributed by atoms with Crippen LogP contribution in [0.4, 0.5) is 0 Å². The Labute approximate surface area is 122 Å². The number of nitrogens with one attached hydrogen (secondary N) is 1. The van der Waals surface area contributed by atoms with Crippen LogP contribution in [0.15, 0.2) is 12.1 Å². The molecule has 0 spiro atoms. The molecule has 1 atom stereocenters. The van der Waals surface area contributed by atoms with E-state index in [-0.39, 0.29) is 18.4 Å². The molecular formula is C14H18ClNO4. The molecule has 1 aliphatic rings. The van der Waals surface area contributed by atoms with E-state index in [9.17, 15) is 4.79 Å². The lowest BCUT2D eigenvalue weighted by Crippen LogP contribution is -2.29. The van der Waals surface area contributed by atoms with Crippen molar-refractivity contribution in [1.29, 1.82) is 0 Å². The minimum Gasteiger partial charge on any atom is -0.486 e. The standard InChI is InChI=1S/C14H18ClNO4/c1-9(2-3-17)8-16-14(18)10-6-11(15)13-12(7-10)19-4-5-20-13/h6-7,9,17H,2-5,8H2,1H3,(H,16,18).